The fourth-order valence-electron chi connectivity index (χ4n) is 3.65. The monoisotopic (exact) mass is 422 g/mol. The van der Waals surface area contributed by atoms with Gasteiger partial charge in [-0.15, -0.1) is 10.2 Å². The summed E-state index contributed by atoms with van der Waals surface area (Å²) < 4.78 is 34.6. The average molecular weight is 423 g/mol. The fraction of sp³-hybridized carbons (Fsp3) is 0.450. The smallest absolute Gasteiger partial charge is 0.227 e. The topological polar surface area (TPSA) is 58.6 Å². The van der Waals surface area contributed by atoms with Crippen molar-refractivity contribution in [2.24, 2.45) is 0 Å². The maximum Gasteiger partial charge on any atom is 0.227 e. The van der Waals surface area contributed by atoms with Crippen molar-refractivity contribution >= 4 is 23.3 Å². The zero-order chi connectivity index (χ0) is 20.5. The number of aromatic nitrogens is 2. The van der Waals surface area contributed by atoms with Gasteiger partial charge in [-0.3, -0.25) is 4.79 Å². The van der Waals surface area contributed by atoms with Gasteiger partial charge in [-0.05, 0) is 37.0 Å². The lowest BCUT2D eigenvalue weighted by Crippen LogP contribution is -2.49. The van der Waals surface area contributed by atoms with Gasteiger partial charge in [0, 0.05) is 37.3 Å². The first-order valence-corrected chi connectivity index (χ1v) is 9.92. The number of anilines is 1. The number of nitrogens with zero attached hydrogens (tertiary/aromatic N) is 4. The Morgan fingerprint density at radius 2 is 1.93 bits per heavy atom. The third kappa shape index (κ3) is 4.12. The van der Waals surface area contributed by atoms with E-state index in [1.807, 2.05) is 4.90 Å². The third-order valence-electron chi connectivity index (χ3n) is 5.42. The zero-order valence-electron chi connectivity index (χ0n) is 16.0. The average Bonchev–Trinajstić information content (AvgIpc) is 3.56. The van der Waals surface area contributed by atoms with Crippen LogP contribution in [-0.4, -0.2) is 54.3 Å². The van der Waals surface area contributed by atoms with Crippen LogP contribution in [0.4, 0.5) is 14.6 Å². The summed E-state index contributed by atoms with van der Waals surface area (Å²) in [5.41, 5.74) is 0.318. The number of piperazine rings is 1. The van der Waals surface area contributed by atoms with E-state index in [9.17, 15) is 13.6 Å². The standard InChI is InChI=1S/C20H21ClF2N4O2/c1-29-20-13(12-2-3-12)10-15(22)14(19(20)23)11-18(28)27-8-6-26(7-9-27)17-5-4-16(21)24-25-17/h4-5,10,12H,2-3,6-9,11H2,1H3. The van der Waals surface area contributed by atoms with Crippen LogP contribution >= 0.6 is 11.6 Å². The molecule has 1 aromatic heterocycles. The number of hydrogen-bond donors (Lipinski definition) is 0. The fourth-order valence-corrected chi connectivity index (χ4v) is 3.75. The van der Waals surface area contributed by atoms with Crippen molar-refractivity contribution in [3.05, 3.63) is 46.1 Å². The number of rotatable bonds is 5. The lowest BCUT2D eigenvalue weighted by molar-refractivity contribution is -0.130. The minimum atomic E-state index is -0.766. The van der Waals surface area contributed by atoms with Crippen LogP contribution in [0.2, 0.25) is 5.15 Å². The molecule has 154 valence electrons. The molecular weight excluding hydrogens is 402 g/mol. The minimum Gasteiger partial charge on any atom is -0.493 e. The van der Waals surface area contributed by atoms with Gasteiger partial charge >= 0.3 is 0 Å². The Kier molecular flexibility index (Phi) is 5.54. The summed E-state index contributed by atoms with van der Waals surface area (Å²) in [6.07, 6.45) is 1.46. The van der Waals surface area contributed by atoms with Crippen molar-refractivity contribution in [3.63, 3.8) is 0 Å². The normalized spacial score (nSPS) is 16.8. The summed E-state index contributed by atoms with van der Waals surface area (Å²) in [6.45, 7) is 1.97. The molecule has 2 aliphatic rings. The van der Waals surface area contributed by atoms with E-state index in [0.717, 1.165) is 12.8 Å². The highest BCUT2D eigenvalue weighted by Gasteiger charge is 2.32. The predicted octanol–water partition coefficient (Wildman–Crippen LogP) is 3.19. The second-order valence-electron chi connectivity index (χ2n) is 7.31. The van der Waals surface area contributed by atoms with Crippen molar-refractivity contribution in [3.8, 4) is 5.75 Å². The van der Waals surface area contributed by atoms with E-state index in [-0.39, 0.29) is 29.6 Å². The van der Waals surface area contributed by atoms with E-state index in [4.69, 9.17) is 16.3 Å². The summed E-state index contributed by atoms with van der Waals surface area (Å²) in [5.74, 6) is -0.887. The molecule has 2 fully saturated rings. The Morgan fingerprint density at radius 3 is 2.52 bits per heavy atom. The first kappa shape index (κ1) is 19.8. The highest BCUT2D eigenvalue weighted by Crippen LogP contribution is 2.46. The summed E-state index contributed by atoms with van der Waals surface area (Å²) in [4.78, 5) is 16.3. The molecule has 2 aromatic rings. The Hall–Kier alpha value is -2.48. The number of carbonyl (C=O) groups excluding carboxylic acids is 1. The molecule has 6 nitrogen and oxygen atoms in total. The molecule has 0 radical (unpaired) electrons. The van der Waals surface area contributed by atoms with Crippen molar-refractivity contribution in [1.82, 2.24) is 15.1 Å². The van der Waals surface area contributed by atoms with Gasteiger partial charge in [0.2, 0.25) is 5.91 Å². The number of methoxy groups -OCH3 is 1. The number of amides is 1. The molecule has 29 heavy (non-hydrogen) atoms. The molecule has 1 aromatic carbocycles. The van der Waals surface area contributed by atoms with Crippen LogP contribution in [0.1, 0.15) is 29.9 Å². The van der Waals surface area contributed by atoms with Gasteiger partial charge < -0.3 is 14.5 Å². The molecule has 0 spiro atoms. The quantitative estimate of drug-likeness (QED) is 0.740. The maximum absolute atomic E-state index is 14.9. The summed E-state index contributed by atoms with van der Waals surface area (Å²) >= 11 is 5.75. The van der Waals surface area contributed by atoms with Crippen molar-refractivity contribution in [2.75, 3.05) is 38.2 Å². The molecule has 0 bridgehead atoms. The second-order valence-corrected chi connectivity index (χ2v) is 7.69. The highest BCUT2D eigenvalue weighted by atomic mass is 35.5. The summed E-state index contributed by atoms with van der Waals surface area (Å²) in [6, 6.07) is 4.75. The number of benzene rings is 1. The van der Waals surface area contributed by atoms with Gasteiger partial charge in [-0.25, -0.2) is 8.78 Å². The van der Waals surface area contributed by atoms with E-state index in [0.29, 0.717) is 42.7 Å². The Balaban J connectivity index is 1.43. The van der Waals surface area contributed by atoms with Gasteiger partial charge in [0.15, 0.2) is 22.5 Å². The van der Waals surface area contributed by atoms with Crippen molar-refractivity contribution in [1.29, 1.82) is 0 Å². The van der Waals surface area contributed by atoms with E-state index in [1.54, 1.807) is 17.0 Å². The molecule has 0 N–H and O–H groups in total. The Labute approximate surface area is 172 Å². The molecule has 9 heteroatoms. The van der Waals surface area contributed by atoms with E-state index < -0.39 is 11.6 Å². The van der Waals surface area contributed by atoms with Crippen LogP contribution in [0.3, 0.4) is 0 Å². The van der Waals surface area contributed by atoms with Crippen LogP contribution in [0.5, 0.6) is 5.75 Å². The molecular formula is C20H21ClF2N4O2. The van der Waals surface area contributed by atoms with Crippen molar-refractivity contribution < 1.29 is 18.3 Å². The van der Waals surface area contributed by atoms with Crippen LogP contribution in [0.15, 0.2) is 18.2 Å². The summed E-state index contributed by atoms with van der Waals surface area (Å²) in [5, 5.41) is 8.17. The van der Waals surface area contributed by atoms with E-state index in [1.165, 1.54) is 13.2 Å². The van der Waals surface area contributed by atoms with Gasteiger partial charge in [0.05, 0.1) is 13.5 Å². The third-order valence-corrected chi connectivity index (χ3v) is 5.62. The van der Waals surface area contributed by atoms with Gasteiger partial charge in [0.25, 0.3) is 0 Å². The molecule has 1 aliphatic heterocycles. The minimum absolute atomic E-state index is 0.0582. The van der Waals surface area contributed by atoms with E-state index >= 15 is 0 Å². The van der Waals surface area contributed by atoms with E-state index in [2.05, 4.69) is 10.2 Å². The maximum atomic E-state index is 14.9. The molecule has 4 rings (SSSR count). The molecule has 1 amide bonds. The predicted molar refractivity (Wildman–Crippen MR) is 104 cm³/mol. The molecule has 1 aliphatic carbocycles. The zero-order valence-corrected chi connectivity index (χ0v) is 16.8. The van der Waals surface area contributed by atoms with Gasteiger partial charge in [-0.1, -0.05) is 11.6 Å². The van der Waals surface area contributed by atoms with Crippen molar-refractivity contribution in [2.45, 2.75) is 25.2 Å². The molecule has 0 atom stereocenters. The first-order chi connectivity index (χ1) is 14.0. The Morgan fingerprint density at radius 1 is 1.21 bits per heavy atom. The molecule has 2 heterocycles. The number of hydrogen-bond acceptors (Lipinski definition) is 5. The lowest BCUT2D eigenvalue weighted by atomic mass is 10.0. The molecule has 1 saturated carbocycles. The van der Waals surface area contributed by atoms with Crippen LogP contribution in [0, 0.1) is 11.6 Å². The second kappa shape index (κ2) is 8.10. The van der Waals surface area contributed by atoms with Gasteiger partial charge in [0.1, 0.15) is 5.82 Å². The highest BCUT2D eigenvalue weighted by molar-refractivity contribution is 6.29. The molecule has 1 saturated heterocycles. The number of halogens is 3. The SMILES string of the molecule is COc1c(C2CC2)cc(F)c(CC(=O)N2CCN(c3ccc(Cl)nn3)CC2)c1F. The first-order valence-electron chi connectivity index (χ1n) is 9.54. The lowest BCUT2D eigenvalue weighted by Gasteiger charge is -2.35. The largest absolute Gasteiger partial charge is 0.493 e. The van der Waals surface area contributed by atoms with Crippen LogP contribution in [0.25, 0.3) is 0 Å². The number of ether oxygens (including phenoxy) is 1. The van der Waals surface area contributed by atoms with Crippen LogP contribution in [-0.2, 0) is 11.2 Å². The number of carbonyl (C=O) groups is 1. The van der Waals surface area contributed by atoms with Gasteiger partial charge in [-0.2, -0.15) is 0 Å². The van der Waals surface area contributed by atoms with Crippen LogP contribution < -0.4 is 9.64 Å². The summed E-state index contributed by atoms with van der Waals surface area (Å²) in [7, 11) is 1.37. The Bertz CT molecular complexity index is 914. The molecule has 0 unspecified atom stereocenters.